The fourth-order valence-electron chi connectivity index (χ4n) is 2.06. The number of benzene rings is 2. The van der Waals surface area contributed by atoms with Crippen LogP contribution in [0.1, 0.15) is 17.0 Å². The van der Waals surface area contributed by atoms with Crippen LogP contribution in [-0.2, 0) is 9.59 Å². The number of aliphatic carboxylic acids is 1. The highest BCUT2D eigenvalue weighted by molar-refractivity contribution is 6.35. The summed E-state index contributed by atoms with van der Waals surface area (Å²) in [6.45, 7) is 0. The number of ether oxygens (including phenoxy) is 1. The normalized spacial score (nSPS) is 11.7. The summed E-state index contributed by atoms with van der Waals surface area (Å²) < 4.78 is 5.06. The maximum Gasteiger partial charge on any atom is 0.373 e. The molecule has 0 bridgehead atoms. The average molecular weight is 270 g/mol. The van der Waals surface area contributed by atoms with Gasteiger partial charge in [-0.3, -0.25) is 4.79 Å². The van der Waals surface area contributed by atoms with Gasteiger partial charge in [-0.05, 0) is 23.3 Å². The van der Waals surface area contributed by atoms with Gasteiger partial charge in [0.15, 0.2) is 0 Å². The van der Waals surface area contributed by atoms with Crippen LogP contribution in [0.25, 0.3) is 0 Å². The van der Waals surface area contributed by atoms with E-state index in [1.807, 2.05) is 6.07 Å². The van der Waals surface area contributed by atoms with Gasteiger partial charge in [0.2, 0.25) is 0 Å². The van der Waals surface area contributed by atoms with Crippen LogP contribution < -0.4 is 4.74 Å². The molecule has 1 atom stereocenters. The third-order valence-electron chi connectivity index (χ3n) is 3.06. The third kappa shape index (κ3) is 2.85. The minimum absolute atomic E-state index is 0.629. The van der Waals surface area contributed by atoms with Gasteiger partial charge in [0.05, 0.1) is 13.0 Å². The van der Waals surface area contributed by atoms with E-state index in [4.69, 9.17) is 9.84 Å². The molecule has 0 amide bonds. The smallest absolute Gasteiger partial charge is 0.373 e. The standard InChI is InChI=1S/C16H14O4/c1-20-13-9-7-12(8-10-13)14(15(17)16(18)19)11-5-3-2-4-6-11/h2-10,14H,1H3,(H,18,19). The van der Waals surface area contributed by atoms with Gasteiger partial charge in [-0.25, -0.2) is 4.79 Å². The summed E-state index contributed by atoms with van der Waals surface area (Å²) in [5.74, 6) is -2.43. The van der Waals surface area contributed by atoms with Gasteiger partial charge in [0, 0.05) is 0 Å². The van der Waals surface area contributed by atoms with E-state index >= 15 is 0 Å². The van der Waals surface area contributed by atoms with Gasteiger partial charge >= 0.3 is 5.97 Å². The molecule has 2 aromatic rings. The second-order valence-electron chi connectivity index (χ2n) is 4.29. The van der Waals surface area contributed by atoms with Gasteiger partial charge in [-0.1, -0.05) is 42.5 Å². The monoisotopic (exact) mass is 270 g/mol. The first-order valence-electron chi connectivity index (χ1n) is 6.09. The van der Waals surface area contributed by atoms with Crippen molar-refractivity contribution in [3.8, 4) is 5.75 Å². The summed E-state index contributed by atoms with van der Waals surface area (Å²) in [5.41, 5.74) is 1.29. The molecule has 0 aromatic heterocycles. The molecule has 0 spiro atoms. The van der Waals surface area contributed by atoms with Crippen molar-refractivity contribution in [1.29, 1.82) is 0 Å². The van der Waals surface area contributed by atoms with E-state index in [0.717, 1.165) is 0 Å². The predicted octanol–water partition coefficient (Wildman–Crippen LogP) is 2.48. The Kier molecular flexibility index (Phi) is 4.15. The molecule has 0 saturated heterocycles. The molecule has 0 saturated carbocycles. The SMILES string of the molecule is COc1ccc(C(C(=O)C(=O)O)c2ccccc2)cc1. The Bertz CT molecular complexity index is 602. The van der Waals surface area contributed by atoms with Crippen LogP contribution in [0.2, 0.25) is 0 Å². The van der Waals surface area contributed by atoms with Crippen LogP contribution in [0.5, 0.6) is 5.75 Å². The molecule has 0 fully saturated rings. The topological polar surface area (TPSA) is 63.6 Å². The lowest BCUT2D eigenvalue weighted by molar-refractivity contribution is -0.149. The van der Waals surface area contributed by atoms with Crippen molar-refractivity contribution >= 4 is 11.8 Å². The van der Waals surface area contributed by atoms with Gasteiger partial charge in [0.1, 0.15) is 5.75 Å². The van der Waals surface area contributed by atoms with Crippen LogP contribution in [0.4, 0.5) is 0 Å². The summed E-state index contributed by atoms with van der Waals surface area (Å²) in [7, 11) is 1.55. The highest BCUT2D eigenvalue weighted by atomic mass is 16.5. The van der Waals surface area contributed by atoms with E-state index in [2.05, 4.69) is 0 Å². The molecule has 20 heavy (non-hydrogen) atoms. The number of carbonyl (C=O) groups excluding carboxylic acids is 1. The van der Waals surface area contributed by atoms with Crippen LogP contribution in [-0.4, -0.2) is 24.0 Å². The number of hydrogen-bond acceptors (Lipinski definition) is 3. The molecule has 2 rings (SSSR count). The summed E-state index contributed by atoms with van der Waals surface area (Å²) >= 11 is 0. The molecule has 0 radical (unpaired) electrons. The van der Waals surface area contributed by atoms with Crippen LogP contribution in [0, 0.1) is 0 Å². The number of Topliss-reactive ketones (excluding diaryl/α,β-unsaturated/α-hetero) is 1. The number of ketones is 1. The number of carbonyl (C=O) groups is 2. The first-order chi connectivity index (χ1) is 9.63. The van der Waals surface area contributed by atoms with Crippen molar-refractivity contribution in [2.45, 2.75) is 5.92 Å². The molecule has 1 N–H and O–H groups in total. The van der Waals surface area contributed by atoms with E-state index in [1.165, 1.54) is 0 Å². The highest BCUT2D eigenvalue weighted by Gasteiger charge is 2.27. The zero-order valence-corrected chi connectivity index (χ0v) is 10.9. The average Bonchev–Trinajstić information content (AvgIpc) is 2.49. The van der Waals surface area contributed by atoms with Gasteiger partial charge in [-0.2, -0.15) is 0 Å². The van der Waals surface area contributed by atoms with Crippen LogP contribution in [0.15, 0.2) is 54.6 Å². The highest BCUT2D eigenvalue weighted by Crippen LogP contribution is 2.27. The van der Waals surface area contributed by atoms with Crippen molar-refractivity contribution in [1.82, 2.24) is 0 Å². The van der Waals surface area contributed by atoms with E-state index in [9.17, 15) is 9.59 Å². The van der Waals surface area contributed by atoms with Gasteiger partial charge in [-0.15, -0.1) is 0 Å². The quantitative estimate of drug-likeness (QED) is 0.848. The predicted molar refractivity (Wildman–Crippen MR) is 73.9 cm³/mol. The molecule has 0 aliphatic heterocycles. The van der Waals surface area contributed by atoms with Gasteiger partial charge in [0.25, 0.3) is 5.78 Å². The lowest BCUT2D eigenvalue weighted by Gasteiger charge is -2.15. The summed E-state index contributed by atoms with van der Waals surface area (Å²) in [4.78, 5) is 23.0. The first kappa shape index (κ1) is 13.8. The molecule has 4 heteroatoms. The van der Waals surface area contributed by atoms with Gasteiger partial charge < -0.3 is 9.84 Å². The molecular weight excluding hydrogens is 256 g/mol. The van der Waals surface area contributed by atoms with E-state index in [-0.39, 0.29) is 0 Å². The summed E-state index contributed by atoms with van der Waals surface area (Å²) in [5, 5.41) is 9.00. The zero-order chi connectivity index (χ0) is 14.5. The second-order valence-corrected chi connectivity index (χ2v) is 4.29. The van der Waals surface area contributed by atoms with Crippen molar-refractivity contribution in [2.24, 2.45) is 0 Å². The summed E-state index contributed by atoms with van der Waals surface area (Å²) in [6, 6.07) is 15.7. The molecule has 0 aliphatic carbocycles. The minimum Gasteiger partial charge on any atom is -0.497 e. The molecule has 0 aliphatic rings. The fraction of sp³-hybridized carbons (Fsp3) is 0.125. The molecule has 0 heterocycles. The number of hydrogen-bond donors (Lipinski definition) is 1. The summed E-state index contributed by atoms with van der Waals surface area (Å²) in [6.07, 6.45) is 0. The molecule has 4 nitrogen and oxygen atoms in total. The first-order valence-corrected chi connectivity index (χ1v) is 6.09. The van der Waals surface area contributed by atoms with Crippen molar-refractivity contribution in [2.75, 3.05) is 7.11 Å². The fourth-order valence-corrected chi connectivity index (χ4v) is 2.06. The Hall–Kier alpha value is -2.62. The Morgan fingerprint density at radius 2 is 1.50 bits per heavy atom. The van der Waals surface area contributed by atoms with Crippen molar-refractivity contribution < 1.29 is 19.4 Å². The maximum atomic E-state index is 12.0. The number of rotatable bonds is 5. The minimum atomic E-state index is -1.44. The Labute approximate surface area is 116 Å². The van der Waals surface area contributed by atoms with E-state index in [0.29, 0.717) is 16.9 Å². The van der Waals surface area contributed by atoms with E-state index < -0.39 is 17.7 Å². The molecule has 102 valence electrons. The molecule has 1 unspecified atom stereocenters. The Balaban J connectivity index is 2.45. The Morgan fingerprint density at radius 3 is 2.00 bits per heavy atom. The number of methoxy groups -OCH3 is 1. The van der Waals surface area contributed by atoms with Crippen LogP contribution in [0.3, 0.4) is 0 Å². The lowest BCUT2D eigenvalue weighted by Crippen LogP contribution is -2.22. The van der Waals surface area contributed by atoms with E-state index in [1.54, 1.807) is 55.6 Å². The number of carboxylic acid groups (broad SMARTS) is 1. The third-order valence-corrected chi connectivity index (χ3v) is 3.06. The second kappa shape index (κ2) is 6.02. The molecular formula is C16H14O4. The molecule has 2 aromatic carbocycles. The number of carboxylic acids is 1. The Morgan fingerprint density at radius 1 is 0.950 bits per heavy atom. The maximum absolute atomic E-state index is 12.0. The lowest BCUT2D eigenvalue weighted by atomic mass is 9.87. The largest absolute Gasteiger partial charge is 0.497 e. The van der Waals surface area contributed by atoms with Crippen molar-refractivity contribution in [3.05, 3.63) is 65.7 Å². The van der Waals surface area contributed by atoms with Crippen molar-refractivity contribution in [3.63, 3.8) is 0 Å². The zero-order valence-electron chi connectivity index (χ0n) is 10.9. The van der Waals surface area contributed by atoms with Crippen LogP contribution >= 0.6 is 0 Å².